The van der Waals surface area contributed by atoms with E-state index in [0.717, 1.165) is 0 Å². The number of rotatable bonds is 8. The predicted octanol–water partition coefficient (Wildman–Crippen LogP) is 0.461. The molecular weight excluding hydrogens is 226 g/mol. The molecule has 0 amide bonds. The van der Waals surface area contributed by atoms with E-state index in [0.29, 0.717) is 0 Å². The van der Waals surface area contributed by atoms with E-state index in [1.807, 2.05) is 0 Å². The number of ketones is 1. The number of carbonyl (C=O) groups is 3. The fraction of sp³-hybridized carbons (Fsp3) is 0.727. The molecule has 0 rings (SSSR count). The molecule has 17 heavy (non-hydrogen) atoms. The minimum Gasteiger partial charge on any atom is -0.481 e. The molecule has 2 N–H and O–H groups in total. The molecule has 0 radical (unpaired) electrons. The number of carboxylic acid groups (broad SMARTS) is 2. The van der Waals surface area contributed by atoms with Crippen LogP contribution in [-0.2, 0) is 14.4 Å². The van der Waals surface area contributed by atoms with Crippen molar-refractivity contribution in [3.05, 3.63) is 0 Å². The van der Waals surface area contributed by atoms with Gasteiger partial charge >= 0.3 is 11.9 Å². The van der Waals surface area contributed by atoms with Gasteiger partial charge in [-0.15, -0.1) is 0 Å². The highest BCUT2D eigenvalue weighted by atomic mass is 16.4. The molecule has 0 aliphatic carbocycles. The average Bonchev–Trinajstić information content (AvgIpc) is 2.11. The van der Waals surface area contributed by atoms with Crippen LogP contribution >= 0.6 is 0 Å². The van der Waals surface area contributed by atoms with Gasteiger partial charge in [-0.05, 0) is 12.8 Å². The highest BCUT2D eigenvalue weighted by Gasteiger charge is 2.29. The van der Waals surface area contributed by atoms with Gasteiger partial charge in [0.1, 0.15) is 11.8 Å². The van der Waals surface area contributed by atoms with Crippen LogP contribution in [0.4, 0.5) is 0 Å². The molecular formula is C11H19NO5. The number of carbonyl (C=O) groups excluding carboxylic acids is 1. The molecule has 0 bridgehead atoms. The quantitative estimate of drug-likeness (QED) is 0.645. The second kappa shape index (κ2) is 7.01. The second-order valence-electron chi connectivity index (χ2n) is 4.34. The van der Waals surface area contributed by atoms with Crippen LogP contribution in [0.25, 0.3) is 0 Å². The largest absolute Gasteiger partial charge is 0.481 e. The van der Waals surface area contributed by atoms with Gasteiger partial charge in [0.15, 0.2) is 0 Å². The molecule has 0 aromatic carbocycles. The van der Waals surface area contributed by atoms with Crippen molar-refractivity contribution in [3.8, 4) is 0 Å². The third-order valence-electron chi connectivity index (χ3n) is 2.32. The Morgan fingerprint density at radius 3 is 2.00 bits per heavy atom. The number of hydrogen-bond donors (Lipinski definition) is 2. The van der Waals surface area contributed by atoms with Crippen LogP contribution < -0.4 is 0 Å². The molecule has 0 saturated carbocycles. The standard InChI is InChI=1S/C11H19NO5/c1-7(2)10(11(16)17)12(6-8(3)13)5-4-9(14)15/h7,10H,4-6H2,1-3H3,(H,14,15)(H,16,17). The molecule has 0 saturated heterocycles. The Morgan fingerprint density at radius 1 is 1.18 bits per heavy atom. The first kappa shape index (κ1) is 15.6. The van der Waals surface area contributed by atoms with Crippen LogP contribution in [0.3, 0.4) is 0 Å². The van der Waals surface area contributed by atoms with Crippen LogP contribution in [-0.4, -0.2) is 52.0 Å². The zero-order valence-electron chi connectivity index (χ0n) is 10.3. The summed E-state index contributed by atoms with van der Waals surface area (Å²) >= 11 is 0. The maximum atomic E-state index is 11.1. The Bertz CT molecular complexity index is 300. The molecule has 6 nitrogen and oxygen atoms in total. The summed E-state index contributed by atoms with van der Waals surface area (Å²) in [6.45, 7) is 4.83. The van der Waals surface area contributed by atoms with Crippen molar-refractivity contribution in [1.82, 2.24) is 4.90 Å². The number of nitrogens with zero attached hydrogens (tertiary/aromatic N) is 1. The summed E-state index contributed by atoms with van der Waals surface area (Å²) in [5, 5.41) is 17.7. The van der Waals surface area contributed by atoms with Crippen molar-refractivity contribution in [2.24, 2.45) is 5.92 Å². The van der Waals surface area contributed by atoms with E-state index in [1.54, 1.807) is 13.8 Å². The van der Waals surface area contributed by atoms with Crippen molar-refractivity contribution >= 4 is 17.7 Å². The van der Waals surface area contributed by atoms with E-state index >= 15 is 0 Å². The lowest BCUT2D eigenvalue weighted by atomic mass is 10.0. The number of Topliss-reactive ketones (excluding diaryl/α,β-unsaturated/α-hetero) is 1. The third kappa shape index (κ3) is 6.01. The lowest BCUT2D eigenvalue weighted by Crippen LogP contribution is -2.47. The molecule has 0 heterocycles. The van der Waals surface area contributed by atoms with Gasteiger partial charge in [0.25, 0.3) is 0 Å². The first-order valence-corrected chi connectivity index (χ1v) is 5.43. The predicted molar refractivity (Wildman–Crippen MR) is 60.8 cm³/mol. The van der Waals surface area contributed by atoms with Gasteiger partial charge in [-0.3, -0.25) is 19.3 Å². The SMILES string of the molecule is CC(=O)CN(CCC(=O)O)C(C(=O)O)C(C)C. The van der Waals surface area contributed by atoms with Crippen LogP contribution in [0, 0.1) is 5.92 Å². The molecule has 0 aliphatic rings. The van der Waals surface area contributed by atoms with E-state index in [1.165, 1.54) is 11.8 Å². The van der Waals surface area contributed by atoms with E-state index < -0.39 is 18.0 Å². The first-order valence-electron chi connectivity index (χ1n) is 5.43. The van der Waals surface area contributed by atoms with E-state index in [2.05, 4.69) is 0 Å². The zero-order chi connectivity index (χ0) is 13.6. The molecule has 6 heteroatoms. The van der Waals surface area contributed by atoms with Gasteiger partial charge in [0.05, 0.1) is 13.0 Å². The molecule has 0 spiro atoms. The average molecular weight is 245 g/mol. The Kier molecular flexibility index (Phi) is 6.42. The maximum Gasteiger partial charge on any atom is 0.321 e. The molecule has 0 aromatic heterocycles. The summed E-state index contributed by atoms with van der Waals surface area (Å²) < 4.78 is 0. The summed E-state index contributed by atoms with van der Waals surface area (Å²) in [6.07, 6.45) is -0.177. The third-order valence-corrected chi connectivity index (χ3v) is 2.32. The fourth-order valence-electron chi connectivity index (χ4n) is 1.70. The van der Waals surface area contributed by atoms with E-state index in [-0.39, 0.29) is 31.2 Å². The molecule has 98 valence electrons. The van der Waals surface area contributed by atoms with Crippen molar-refractivity contribution in [1.29, 1.82) is 0 Å². The number of aliphatic carboxylic acids is 2. The summed E-state index contributed by atoms with van der Waals surface area (Å²) in [5.41, 5.74) is 0. The van der Waals surface area contributed by atoms with Crippen molar-refractivity contribution in [2.45, 2.75) is 33.2 Å². The van der Waals surface area contributed by atoms with Crippen LogP contribution in [0.5, 0.6) is 0 Å². The van der Waals surface area contributed by atoms with Crippen LogP contribution in [0.1, 0.15) is 27.2 Å². The fourth-order valence-corrected chi connectivity index (χ4v) is 1.70. The highest BCUT2D eigenvalue weighted by molar-refractivity contribution is 5.80. The second-order valence-corrected chi connectivity index (χ2v) is 4.34. The van der Waals surface area contributed by atoms with Crippen LogP contribution in [0.2, 0.25) is 0 Å². The highest BCUT2D eigenvalue weighted by Crippen LogP contribution is 2.12. The Hall–Kier alpha value is -1.43. The Morgan fingerprint density at radius 2 is 1.71 bits per heavy atom. The molecule has 1 unspecified atom stereocenters. The summed E-state index contributed by atoms with van der Waals surface area (Å²) in [7, 11) is 0. The summed E-state index contributed by atoms with van der Waals surface area (Å²) in [5.74, 6) is -2.42. The van der Waals surface area contributed by atoms with Gasteiger partial charge in [0.2, 0.25) is 0 Å². The van der Waals surface area contributed by atoms with Crippen molar-refractivity contribution in [3.63, 3.8) is 0 Å². The van der Waals surface area contributed by atoms with Gasteiger partial charge in [0, 0.05) is 6.54 Å². The van der Waals surface area contributed by atoms with E-state index in [9.17, 15) is 14.4 Å². The maximum absolute atomic E-state index is 11.1. The number of carboxylic acids is 2. The minimum absolute atomic E-state index is 0.0393. The van der Waals surface area contributed by atoms with Gasteiger partial charge < -0.3 is 10.2 Å². The monoisotopic (exact) mass is 245 g/mol. The smallest absolute Gasteiger partial charge is 0.321 e. The summed E-state index contributed by atoms with van der Waals surface area (Å²) in [6, 6.07) is -0.835. The van der Waals surface area contributed by atoms with Gasteiger partial charge in [-0.25, -0.2) is 0 Å². The lowest BCUT2D eigenvalue weighted by molar-refractivity contribution is -0.147. The number of hydrogen-bond acceptors (Lipinski definition) is 4. The molecule has 0 aromatic rings. The van der Waals surface area contributed by atoms with Crippen molar-refractivity contribution < 1.29 is 24.6 Å². The summed E-state index contributed by atoms with van der Waals surface area (Å²) in [4.78, 5) is 34.1. The zero-order valence-corrected chi connectivity index (χ0v) is 10.3. The molecule has 1 atom stereocenters. The normalized spacial score (nSPS) is 12.8. The first-order chi connectivity index (χ1) is 7.75. The molecule has 0 fully saturated rings. The van der Waals surface area contributed by atoms with Crippen LogP contribution in [0.15, 0.2) is 0 Å². The Labute approximate surface area is 100 Å². The lowest BCUT2D eigenvalue weighted by Gasteiger charge is -2.29. The van der Waals surface area contributed by atoms with Gasteiger partial charge in [-0.2, -0.15) is 0 Å². The van der Waals surface area contributed by atoms with E-state index in [4.69, 9.17) is 10.2 Å². The topological polar surface area (TPSA) is 94.9 Å². The minimum atomic E-state index is -1.04. The van der Waals surface area contributed by atoms with Gasteiger partial charge in [-0.1, -0.05) is 13.8 Å². The molecule has 0 aliphatic heterocycles. The Balaban J connectivity index is 4.78. The van der Waals surface area contributed by atoms with Crippen molar-refractivity contribution in [2.75, 3.05) is 13.1 Å².